The van der Waals surface area contributed by atoms with Crippen molar-refractivity contribution >= 4 is 29.0 Å². The molecule has 1 heterocycles. The van der Waals surface area contributed by atoms with E-state index in [1.807, 2.05) is 6.07 Å². The van der Waals surface area contributed by atoms with Crippen LogP contribution in [0.5, 0.6) is 0 Å². The van der Waals surface area contributed by atoms with E-state index in [1.54, 1.807) is 0 Å². The number of Topliss-reactive ketones (excluding diaryl/α,β-unsaturated/α-hetero) is 1. The summed E-state index contributed by atoms with van der Waals surface area (Å²) in [6, 6.07) is 4.63. The van der Waals surface area contributed by atoms with Crippen LogP contribution in [0, 0.1) is 11.3 Å². The highest BCUT2D eigenvalue weighted by atomic mass is 35.5. The van der Waals surface area contributed by atoms with E-state index in [9.17, 15) is 9.59 Å². The molecule has 14 heavy (non-hydrogen) atoms. The molecule has 2 rings (SSSR count). The zero-order valence-electron chi connectivity index (χ0n) is 6.80. The smallest absolute Gasteiger partial charge is 0.296 e. The maximum atomic E-state index is 11.2. The first kappa shape index (κ1) is 8.73. The van der Waals surface area contributed by atoms with Gasteiger partial charge in [0.15, 0.2) is 0 Å². The Morgan fingerprint density at radius 1 is 1.36 bits per heavy atom. The van der Waals surface area contributed by atoms with Gasteiger partial charge in [-0.25, -0.2) is 0 Å². The van der Waals surface area contributed by atoms with Gasteiger partial charge in [0.1, 0.15) is 6.07 Å². The van der Waals surface area contributed by atoms with E-state index in [2.05, 4.69) is 5.32 Å². The monoisotopic (exact) mass is 206 g/mol. The van der Waals surface area contributed by atoms with E-state index in [0.717, 1.165) is 0 Å². The van der Waals surface area contributed by atoms with Gasteiger partial charge in [-0.2, -0.15) is 5.26 Å². The van der Waals surface area contributed by atoms with Gasteiger partial charge in [-0.3, -0.25) is 9.59 Å². The van der Waals surface area contributed by atoms with Crippen LogP contribution < -0.4 is 5.32 Å². The number of halogens is 1. The second kappa shape index (κ2) is 2.82. The van der Waals surface area contributed by atoms with Crippen LogP contribution in [-0.2, 0) is 4.79 Å². The lowest BCUT2D eigenvalue weighted by atomic mass is 10.1. The van der Waals surface area contributed by atoms with Crippen LogP contribution in [0.4, 0.5) is 5.69 Å². The minimum absolute atomic E-state index is 0.166. The molecule has 5 heteroatoms. The van der Waals surface area contributed by atoms with Crippen molar-refractivity contribution in [1.29, 1.82) is 5.26 Å². The summed E-state index contributed by atoms with van der Waals surface area (Å²) in [6.07, 6.45) is 0. The zero-order valence-corrected chi connectivity index (χ0v) is 7.55. The Kier molecular flexibility index (Phi) is 1.76. The molecule has 0 spiro atoms. The predicted octanol–water partition coefficient (Wildman–Crippen LogP) is 1.35. The lowest BCUT2D eigenvalue weighted by Gasteiger charge is -1.99. The summed E-state index contributed by atoms with van der Waals surface area (Å²) in [4.78, 5) is 22.2. The number of hydrogen-bond acceptors (Lipinski definition) is 3. The van der Waals surface area contributed by atoms with E-state index in [4.69, 9.17) is 16.9 Å². The molecule has 0 unspecified atom stereocenters. The van der Waals surface area contributed by atoms with Crippen molar-refractivity contribution in [2.45, 2.75) is 0 Å². The van der Waals surface area contributed by atoms with Gasteiger partial charge in [0.25, 0.3) is 11.7 Å². The van der Waals surface area contributed by atoms with E-state index in [0.29, 0.717) is 0 Å². The maximum Gasteiger partial charge on any atom is 0.296 e. The molecule has 68 valence electrons. The summed E-state index contributed by atoms with van der Waals surface area (Å²) in [6.45, 7) is 0. The summed E-state index contributed by atoms with van der Waals surface area (Å²) in [5.41, 5.74) is 0.623. The first-order chi connectivity index (χ1) is 6.63. The maximum absolute atomic E-state index is 11.2. The number of amides is 1. The first-order valence-corrected chi connectivity index (χ1v) is 4.10. The molecule has 0 bridgehead atoms. The number of nitriles is 1. The van der Waals surface area contributed by atoms with Gasteiger partial charge in [-0.05, 0) is 12.1 Å². The number of anilines is 1. The largest absolute Gasteiger partial charge is 0.317 e. The average Bonchev–Trinajstić information content (AvgIpc) is 2.43. The van der Waals surface area contributed by atoms with Crippen LogP contribution in [0.15, 0.2) is 12.1 Å². The molecule has 0 atom stereocenters. The summed E-state index contributed by atoms with van der Waals surface area (Å²) < 4.78 is 0. The second-order valence-corrected chi connectivity index (χ2v) is 3.21. The van der Waals surface area contributed by atoms with Gasteiger partial charge >= 0.3 is 0 Å². The van der Waals surface area contributed by atoms with Crippen LogP contribution in [0.3, 0.4) is 0 Å². The van der Waals surface area contributed by atoms with Crippen molar-refractivity contribution in [2.75, 3.05) is 5.32 Å². The number of ketones is 1. The van der Waals surface area contributed by atoms with Gasteiger partial charge in [0.05, 0.1) is 16.8 Å². The average molecular weight is 207 g/mol. The number of nitrogens with one attached hydrogen (secondary N) is 1. The quantitative estimate of drug-likeness (QED) is 0.652. The zero-order chi connectivity index (χ0) is 10.3. The fourth-order valence-corrected chi connectivity index (χ4v) is 1.52. The third-order valence-corrected chi connectivity index (χ3v) is 2.13. The number of nitrogens with zero attached hydrogens (tertiary/aromatic N) is 1. The third kappa shape index (κ3) is 1.07. The SMILES string of the molecule is N#Cc1cc(Cl)cc2c1NC(=O)C2=O. The van der Waals surface area contributed by atoms with E-state index < -0.39 is 11.7 Å². The Hall–Kier alpha value is -1.86. The summed E-state index contributed by atoms with van der Waals surface area (Å²) >= 11 is 5.68. The molecule has 0 saturated carbocycles. The van der Waals surface area contributed by atoms with Crippen LogP contribution in [0.2, 0.25) is 5.02 Å². The molecule has 0 aliphatic carbocycles. The Morgan fingerprint density at radius 2 is 2.07 bits per heavy atom. The predicted molar refractivity (Wildman–Crippen MR) is 49.1 cm³/mol. The molecule has 4 nitrogen and oxygen atoms in total. The van der Waals surface area contributed by atoms with Crippen molar-refractivity contribution in [3.63, 3.8) is 0 Å². The second-order valence-electron chi connectivity index (χ2n) is 2.77. The van der Waals surface area contributed by atoms with Crippen molar-refractivity contribution in [2.24, 2.45) is 0 Å². The molecule has 0 aromatic heterocycles. The molecule has 0 radical (unpaired) electrons. The van der Waals surface area contributed by atoms with Crippen molar-refractivity contribution in [3.05, 3.63) is 28.3 Å². The van der Waals surface area contributed by atoms with Crippen molar-refractivity contribution in [1.82, 2.24) is 0 Å². The van der Waals surface area contributed by atoms with E-state index in [1.165, 1.54) is 12.1 Å². The van der Waals surface area contributed by atoms with E-state index >= 15 is 0 Å². The summed E-state index contributed by atoms with van der Waals surface area (Å²) in [5, 5.41) is 11.3. The molecular weight excluding hydrogens is 204 g/mol. The van der Waals surface area contributed by atoms with Crippen molar-refractivity contribution < 1.29 is 9.59 Å². The standard InChI is InChI=1S/C9H3ClN2O2/c10-5-1-4(3-11)7-6(2-5)8(13)9(14)12-7/h1-2H,(H,12,13,14). The highest BCUT2D eigenvalue weighted by Gasteiger charge is 2.30. The first-order valence-electron chi connectivity index (χ1n) is 3.73. The summed E-state index contributed by atoms with van der Waals surface area (Å²) in [7, 11) is 0. The summed E-state index contributed by atoms with van der Waals surface area (Å²) in [5.74, 6) is -1.38. The van der Waals surface area contributed by atoms with Crippen LogP contribution in [-0.4, -0.2) is 11.7 Å². The molecule has 1 aromatic carbocycles. The minimum Gasteiger partial charge on any atom is -0.317 e. The molecule has 1 aliphatic rings. The van der Waals surface area contributed by atoms with Crippen molar-refractivity contribution in [3.8, 4) is 6.07 Å². The Morgan fingerprint density at radius 3 is 2.71 bits per heavy atom. The Bertz CT molecular complexity index is 502. The van der Waals surface area contributed by atoms with Gasteiger partial charge in [-0.1, -0.05) is 11.6 Å². The number of fused-ring (bicyclic) bond motifs is 1. The van der Waals surface area contributed by atoms with Crippen LogP contribution in [0.25, 0.3) is 0 Å². The molecule has 0 fully saturated rings. The molecule has 1 amide bonds. The lowest BCUT2D eigenvalue weighted by Crippen LogP contribution is -2.12. The van der Waals surface area contributed by atoms with E-state index in [-0.39, 0.29) is 21.8 Å². The Balaban J connectivity index is 2.75. The fourth-order valence-electron chi connectivity index (χ4n) is 1.30. The number of carbonyl (C=O) groups is 2. The molecule has 0 saturated heterocycles. The van der Waals surface area contributed by atoms with Crippen LogP contribution >= 0.6 is 11.6 Å². The highest BCUT2D eigenvalue weighted by molar-refractivity contribution is 6.52. The van der Waals surface area contributed by atoms with Crippen LogP contribution in [0.1, 0.15) is 15.9 Å². The Labute approximate surface area is 84.1 Å². The number of carbonyl (C=O) groups excluding carboxylic acids is 2. The molecule has 1 N–H and O–H groups in total. The number of hydrogen-bond donors (Lipinski definition) is 1. The molecular formula is C9H3ClN2O2. The minimum atomic E-state index is -0.723. The number of benzene rings is 1. The molecule has 1 aromatic rings. The normalized spacial score (nSPS) is 13.4. The van der Waals surface area contributed by atoms with Gasteiger partial charge < -0.3 is 5.32 Å². The lowest BCUT2D eigenvalue weighted by molar-refractivity contribution is -0.112. The number of rotatable bonds is 0. The highest BCUT2D eigenvalue weighted by Crippen LogP contribution is 2.30. The third-order valence-electron chi connectivity index (χ3n) is 1.91. The van der Waals surface area contributed by atoms with Gasteiger partial charge in [0.2, 0.25) is 0 Å². The molecule has 1 aliphatic heterocycles. The van der Waals surface area contributed by atoms with Gasteiger partial charge in [-0.15, -0.1) is 0 Å². The van der Waals surface area contributed by atoms with Gasteiger partial charge in [0, 0.05) is 5.02 Å². The topological polar surface area (TPSA) is 70.0 Å². The fraction of sp³-hybridized carbons (Fsp3) is 0.